The number of hydrogen-bond acceptors (Lipinski definition) is 7. The quantitative estimate of drug-likeness (QED) is 0.285. The first kappa shape index (κ1) is 20.5. The van der Waals surface area contributed by atoms with E-state index in [0.29, 0.717) is 0 Å². The van der Waals surface area contributed by atoms with Gasteiger partial charge >= 0.3 is 5.69 Å². The van der Waals surface area contributed by atoms with Gasteiger partial charge in [0, 0.05) is 11.8 Å². The highest BCUT2D eigenvalue weighted by molar-refractivity contribution is 14.2. The van der Waals surface area contributed by atoms with E-state index >= 15 is 0 Å². The van der Waals surface area contributed by atoms with Crippen molar-refractivity contribution < 1.29 is 22.8 Å². The predicted octanol–water partition coefficient (Wildman–Crippen LogP) is -0.407. The number of ether oxygens (including phenoxy) is 1. The Kier molecular flexibility index (Phi) is 7.44. The van der Waals surface area contributed by atoms with Gasteiger partial charge in [-0.2, -0.15) is 0 Å². The highest BCUT2D eigenvalue weighted by Crippen LogP contribution is 2.28. The van der Waals surface area contributed by atoms with Crippen molar-refractivity contribution in [3.63, 3.8) is 0 Å². The first-order valence-electron chi connectivity index (χ1n) is 6.50. The average molecular weight is 679 g/mol. The van der Waals surface area contributed by atoms with Gasteiger partial charge in [0.05, 0.1) is 58.8 Å². The fourth-order valence-electron chi connectivity index (χ4n) is 2.22. The molecule has 1 aromatic heterocycles. The topological polar surface area (TPSA) is 134 Å². The van der Waals surface area contributed by atoms with E-state index < -0.39 is 35.8 Å². The average Bonchev–Trinajstić information content (AvgIpc) is 2.78. The second-order valence-corrected chi connectivity index (χ2v) is 9.35. The van der Waals surface area contributed by atoms with Crippen LogP contribution < -0.4 is 11.2 Å². The molecular formula is C11H12I3N3O7. The number of hydrogen-bond donors (Lipinski definition) is 3. The van der Waals surface area contributed by atoms with Crippen LogP contribution in [-0.4, -0.2) is 51.9 Å². The van der Waals surface area contributed by atoms with Gasteiger partial charge in [0.2, 0.25) is 5.91 Å². The lowest BCUT2D eigenvalue weighted by atomic mass is 10.1. The molecule has 0 aliphatic carbocycles. The molecule has 2 heterocycles. The molecule has 4 atom stereocenters. The molecule has 0 radical (unpaired) electrons. The number of nitrogens with zero attached hydrogens (tertiary/aromatic N) is 2. The molecule has 0 aromatic carbocycles. The number of aromatic amines is 1. The molecule has 2 rings (SSSR count). The number of aliphatic hydroxyl groups excluding tert-OH is 2. The van der Waals surface area contributed by atoms with Crippen molar-refractivity contribution in [1.29, 1.82) is 0 Å². The third-order valence-corrected chi connectivity index (χ3v) is 4.85. The van der Waals surface area contributed by atoms with Gasteiger partial charge in [-0.25, -0.2) is 6.12 Å². The highest BCUT2D eigenvalue weighted by Gasteiger charge is 2.44. The maximum atomic E-state index is 12.0. The summed E-state index contributed by atoms with van der Waals surface area (Å²) < 4.78 is 12.5. The number of carbonyl (C=O) groups is 1. The van der Waals surface area contributed by atoms with Crippen LogP contribution in [0.25, 0.3) is 0 Å². The van der Waals surface area contributed by atoms with Gasteiger partial charge in [0.25, 0.3) is 5.56 Å². The number of halogens is 3. The summed E-state index contributed by atoms with van der Waals surface area (Å²) in [6, 6.07) is 0. The Morgan fingerprint density at radius 2 is 2.04 bits per heavy atom. The standard InChI is InChI=1S/C11H12I3N3O7/c12-17(13)6(18)1-4-2-16(11(22)15-9(4)21)10-8(20)7(19)5(24-10)3-23-14/h2,5,7-8,10,19-20H,1,3H2,(H,15,21,22)/t5-,7?,8+,10-/m1/s1. The first-order chi connectivity index (χ1) is 11.3. The van der Waals surface area contributed by atoms with E-state index in [-0.39, 0.29) is 24.5 Å². The van der Waals surface area contributed by atoms with Gasteiger partial charge < -0.3 is 18.0 Å². The van der Waals surface area contributed by atoms with Crippen LogP contribution in [0, 0.1) is 0 Å². The summed E-state index contributed by atoms with van der Waals surface area (Å²) in [6.07, 6.45) is -3.75. The van der Waals surface area contributed by atoms with Crippen molar-refractivity contribution in [3.05, 3.63) is 32.6 Å². The monoisotopic (exact) mass is 679 g/mol. The normalized spacial score (nSPS) is 26.5. The van der Waals surface area contributed by atoms with Crippen molar-refractivity contribution in [2.75, 3.05) is 6.61 Å². The highest BCUT2D eigenvalue weighted by atomic mass is 127. The van der Waals surface area contributed by atoms with Crippen LogP contribution in [-0.2, 0) is 19.0 Å². The molecule has 1 saturated heterocycles. The van der Waals surface area contributed by atoms with Crippen molar-refractivity contribution in [1.82, 2.24) is 10.9 Å². The van der Waals surface area contributed by atoms with Crippen LogP contribution >= 0.6 is 68.7 Å². The smallest absolute Gasteiger partial charge is 0.330 e. The first-order valence-corrected chi connectivity index (χ1v) is 9.31. The number of aliphatic hydroxyl groups is 2. The van der Waals surface area contributed by atoms with Gasteiger partial charge in [0.15, 0.2) is 6.23 Å². The van der Waals surface area contributed by atoms with E-state index in [0.717, 1.165) is 10.8 Å². The zero-order valence-corrected chi connectivity index (χ0v) is 18.2. The number of rotatable bonds is 5. The Labute approximate surface area is 177 Å². The van der Waals surface area contributed by atoms with E-state index in [9.17, 15) is 24.6 Å². The van der Waals surface area contributed by atoms with E-state index in [1.54, 1.807) is 68.7 Å². The second-order valence-electron chi connectivity index (χ2n) is 4.95. The summed E-state index contributed by atoms with van der Waals surface area (Å²) in [7, 11) is 0. The van der Waals surface area contributed by atoms with Crippen molar-refractivity contribution in [2.24, 2.45) is 0 Å². The van der Waals surface area contributed by atoms with Crippen LogP contribution in [0.2, 0.25) is 0 Å². The van der Waals surface area contributed by atoms with Crippen LogP contribution in [0.3, 0.4) is 0 Å². The maximum Gasteiger partial charge on any atom is 0.330 e. The lowest BCUT2D eigenvalue weighted by Crippen LogP contribution is -2.39. The molecule has 24 heavy (non-hydrogen) atoms. The zero-order chi connectivity index (χ0) is 18.0. The molecule has 10 nitrogen and oxygen atoms in total. The number of carbonyl (C=O) groups excluding carboxylic acids is 1. The Balaban J connectivity index is 2.35. The molecule has 0 saturated carbocycles. The number of H-pyrrole nitrogens is 1. The molecule has 1 fully saturated rings. The van der Waals surface area contributed by atoms with E-state index in [2.05, 4.69) is 4.98 Å². The Morgan fingerprint density at radius 1 is 1.38 bits per heavy atom. The largest absolute Gasteiger partial charge is 0.387 e. The lowest BCUT2D eigenvalue weighted by Gasteiger charge is -2.18. The predicted molar refractivity (Wildman–Crippen MR) is 106 cm³/mol. The zero-order valence-electron chi connectivity index (χ0n) is 11.8. The SMILES string of the molecule is O=C(Cc1cn([C@@H]2O[C@H](COI)C(O)[C@@H]2O)c(=O)[nH]c1=O)N(I)I. The van der Waals surface area contributed by atoms with Crippen LogP contribution in [0.15, 0.2) is 15.8 Å². The molecule has 13 heteroatoms. The molecule has 3 N–H and O–H groups in total. The number of amides is 1. The molecule has 1 aliphatic rings. The molecule has 1 aliphatic heterocycles. The third-order valence-electron chi connectivity index (χ3n) is 3.41. The third kappa shape index (κ3) is 4.47. The minimum Gasteiger partial charge on any atom is -0.387 e. The summed E-state index contributed by atoms with van der Waals surface area (Å²) in [5, 5.41) is 20.0. The summed E-state index contributed by atoms with van der Waals surface area (Å²) >= 11 is 5.13. The van der Waals surface area contributed by atoms with Gasteiger partial charge in [-0.1, -0.05) is 0 Å². The van der Waals surface area contributed by atoms with Crippen molar-refractivity contribution >= 4 is 74.6 Å². The molecule has 0 bridgehead atoms. The fraction of sp³-hybridized carbons (Fsp3) is 0.545. The van der Waals surface area contributed by atoms with Crippen LogP contribution in [0.1, 0.15) is 11.8 Å². The van der Waals surface area contributed by atoms with Crippen LogP contribution in [0.5, 0.6) is 0 Å². The fourth-order valence-corrected chi connectivity index (χ4v) is 2.92. The Bertz CT molecular complexity index is 722. The number of aromatic nitrogens is 2. The van der Waals surface area contributed by atoms with Crippen molar-refractivity contribution in [3.8, 4) is 0 Å². The Hall–Kier alpha value is 0.180. The minimum atomic E-state index is -1.39. The summed E-state index contributed by atoms with van der Waals surface area (Å²) in [6.45, 7) is 0.0113. The van der Waals surface area contributed by atoms with Gasteiger partial charge in [-0.3, -0.25) is 19.1 Å². The molecule has 1 unspecified atom stereocenters. The van der Waals surface area contributed by atoms with Gasteiger partial charge in [-0.05, 0) is 0 Å². The van der Waals surface area contributed by atoms with Gasteiger partial charge in [0.1, 0.15) is 41.3 Å². The second kappa shape index (κ2) is 8.71. The molecule has 1 aromatic rings. The van der Waals surface area contributed by atoms with E-state index in [1.807, 2.05) is 0 Å². The summed E-state index contributed by atoms with van der Waals surface area (Å²) in [4.78, 5) is 37.7. The lowest BCUT2D eigenvalue weighted by molar-refractivity contribution is -0.120. The van der Waals surface area contributed by atoms with E-state index in [4.69, 9.17) is 7.80 Å². The summed E-state index contributed by atoms with van der Waals surface area (Å²) in [5.74, 6) is -0.351. The van der Waals surface area contributed by atoms with E-state index in [1.165, 1.54) is 1.33 Å². The van der Waals surface area contributed by atoms with Crippen molar-refractivity contribution in [2.45, 2.75) is 31.0 Å². The molecule has 0 spiro atoms. The summed E-state index contributed by atoms with van der Waals surface area (Å²) in [5.41, 5.74) is -1.47. The molecular weight excluding hydrogens is 667 g/mol. The number of nitrogens with one attached hydrogen (secondary N) is 1. The minimum absolute atomic E-state index is 0.0113. The molecule has 1 amide bonds. The van der Waals surface area contributed by atoms with Gasteiger partial charge in [-0.15, -0.1) is 0 Å². The Morgan fingerprint density at radius 3 is 2.62 bits per heavy atom. The van der Waals surface area contributed by atoms with Crippen LogP contribution in [0.4, 0.5) is 0 Å². The maximum absolute atomic E-state index is 12.0. The molecule has 134 valence electrons.